The number of piperidine rings is 1. The zero-order valence-corrected chi connectivity index (χ0v) is 21.1. The van der Waals surface area contributed by atoms with Gasteiger partial charge in [0, 0.05) is 37.2 Å². The highest BCUT2D eigenvalue weighted by Crippen LogP contribution is 2.48. The third-order valence-corrected chi connectivity index (χ3v) is 6.92. The Morgan fingerprint density at radius 2 is 1.90 bits per heavy atom. The molecule has 0 unspecified atom stereocenters. The number of carbonyl (C=O) groups is 3. The van der Waals surface area contributed by atoms with Crippen LogP contribution in [0.15, 0.2) is 36.7 Å². The number of ether oxygens (including phenoxy) is 2. The molecule has 3 heterocycles. The second-order valence-corrected chi connectivity index (χ2v) is 9.67. The molecule has 1 aliphatic heterocycles. The number of Topliss-reactive ketones (excluding diaryl/α,β-unsaturated/α-hetero) is 2. The number of amides is 1. The average molecular weight is 546 g/mol. The number of halogens is 3. The van der Waals surface area contributed by atoms with Crippen LogP contribution in [0, 0.1) is 5.92 Å². The molecule has 13 heteroatoms. The summed E-state index contributed by atoms with van der Waals surface area (Å²) in [4.78, 5) is 48.3. The number of rotatable bonds is 11. The van der Waals surface area contributed by atoms with Crippen molar-refractivity contribution in [3.63, 3.8) is 0 Å². The minimum atomic E-state index is -4.74. The van der Waals surface area contributed by atoms with Crippen LogP contribution >= 0.6 is 0 Å². The van der Waals surface area contributed by atoms with Gasteiger partial charge < -0.3 is 9.64 Å². The molecule has 5 rings (SSSR count). The zero-order valence-electron chi connectivity index (χ0n) is 21.1. The molecule has 206 valence electrons. The standard InChI is InChI=1S/C26H26F3N5O5/c1-15(35)25-18-12-17(38-14-23-30-7-3-8-31-23)5-6-19(18)33(32-25)13-24(37)34-20-10-16(20)11-21(34)22(36)4-2-9-39-26(27,28)29/h3,5-8,12,16,20-21H,2,4,9-11,13-14H2,1H3/t16-,20-,21+/m1/s1. The van der Waals surface area contributed by atoms with E-state index in [1.807, 2.05) is 0 Å². The van der Waals surface area contributed by atoms with Crippen molar-refractivity contribution in [1.29, 1.82) is 0 Å². The topological polar surface area (TPSA) is 117 Å². The number of alkyl halides is 3. The van der Waals surface area contributed by atoms with E-state index in [2.05, 4.69) is 19.8 Å². The molecule has 10 nitrogen and oxygen atoms in total. The number of hydrogen-bond donors (Lipinski definition) is 0. The Kier molecular flexibility index (Phi) is 7.34. The lowest BCUT2D eigenvalue weighted by Crippen LogP contribution is -2.44. The number of benzene rings is 1. The first-order chi connectivity index (χ1) is 18.6. The van der Waals surface area contributed by atoms with E-state index < -0.39 is 19.0 Å². The maximum Gasteiger partial charge on any atom is 0.522 e. The van der Waals surface area contributed by atoms with E-state index in [1.165, 1.54) is 11.6 Å². The van der Waals surface area contributed by atoms with Crippen molar-refractivity contribution in [2.75, 3.05) is 6.61 Å². The predicted octanol–water partition coefficient (Wildman–Crippen LogP) is 3.48. The van der Waals surface area contributed by atoms with Crippen LogP contribution < -0.4 is 4.74 Å². The van der Waals surface area contributed by atoms with Gasteiger partial charge in [-0.1, -0.05) is 0 Å². The number of carbonyl (C=O) groups excluding carboxylic acids is 3. The summed E-state index contributed by atoms with van der Waals surface area (Å²) in [5.41, 5.74) is 0.734. The molecule has 1 aliphatic carbocycles. The lowest BCUT2D eigenvalue weighted by molar-refractivity contribution is -0.324. The minimum absolute atomic E-state index is 0.0628. The Morgan fingerprint density at radius 1 is 1.13 bits per heavy atom. The van der Waals surface area contributed by atoms with Crippen molar-refractivity contribution >= 4 is 28.4 Å². The second-order valence-electron chi connectivity index (χ2n) is 9.67. The maximum absolute atomic E-state index is 13.4. The highest BCUT2D eigenvalue weighted by molar-refractivity contribution is 6.05. The highest BCUT2D eigenvalue weighted by atomic mass is 19.4. The zero-order chi connectivity index (χ0) is 27.7. The van der Waals surface area contributed by atoms with Gasteiger partial charge in [0.05, 0.1) is 18.2 Å². The molecular weight excluding hydrogens is 519 g/mol. The molecule has 1 saturated carbocycles. The van der Waals surface area contributed by atoms with Crippen LogP contribution in [0.4, 0.5) is 13.2 Å². The number of hydrogen-bond acceptors (Lipinski definition) is 8. The van der Waals surface area contributed by atoms with E-state index in [0.717, 1.165) is 6.42 Å². The number of likely N-dealkylation sites (tertiary alicyclic amines) is 1. The van der Waals surface area contributed by atoms with Crippen LogP contribution in [0.5, 0.6) is 5.75 Å². The molecule has 3 aromatic rings. The number of aromatic nitrogens is 4. The first-order valence-electron chi connectivity index (χ1n) is 12.6. The molecule has 0 N–H and O–H groups in total. The summed E-state index contributed by atoms with van der Waals surface area (Å²) in [5.74, 6) is 0.291. The van der Waals surface area contributed by atoms with Crippen LogP contribution in [-0.2, 0) is 27.5 Å². The van der Waals surface area contributed by atoms with Gasteiger partial charge in [-0.05, 0) is 49.4 Å². The maximum atomic E-state index is 13.4. The predicted molar refractivity (Wildman–Crippen MR) is 129 cm³/mol. The Balaban J connectivity index is 1.29. The summed E-state index contributed by atoms with van der Waals surface area (Å²) in [6.45, 7) is 0.710. The van der Waals surface area contributed by atoms with E-state index in [9.17, 15) is 27.6 Å². The molecule has 2 aromatic heterocycles. The molecular formula is C26H26F3N5O5. The minimum Gasteiger partial charge on any atom is -0.486 e. The van der Waals surface area contributed by atoms with Gasteiger partial charge in [0.25, 0.3) is 0 Å². The molecule has 2 fully saturated rings. The number of ketones is 2. The van der Waals surface area contributed by atoms with Crippen molar-refractivity contribution in [2.24, 2.45) is 5.92 Å². The first kappa shape index (κ1) is 26.7. The summed E-state index contributed by atoms with van der Waals surface area (Å²) in [6.07, 6.45) is -0.437. The third kappa shape index (κ3) is 6.08. The van der Waals surface area contributed by atoms with Gasteiger partial charge in [-0.2, -0.15) is 5.10 Å². The van der Waals surface area contributed by atoms with Crippen molar-refractivity contribution in [3.05, 3.63) is 48.2 Å². The highest BCUT2D eigenvalue weighted by Gasteiger charge is 2.55. The van der Waals surface area contributed by atoms with Crippen molar-refractivity contribution < 1.29 is 37.0 Å². The lowest BCUT2D eigenvalue weighted by atomic mass is 10.0. The summed E-state index contributed by atoms with van der Waals surface area (Å²) >= 11 is 0. The van der Waals surface area contributed by atoms with Gasteiger partial charge in [0.2, 0.25) is 5.91 Å². The molecule has 2 aliphatic rings. The van der Waals surface area contributed by atoms with E-state index >= 15 is 0 Å². The summed E-state index contributed by atoms with van der Waals surface area (Å²) < 4.78 is 47.6. The molecule has 0 spiro atoms. The third-order valence-electron chi connectivity index (χ3n) is 6.92. The molecule has 1 amide bonds. The molecule has 3 atom stereocenters. The SMILES string of the molecule is CC(=O)c1nn(CC(=O)N2[C@@H]3C[C@@H]3C[C@H]2C(=O)CCCOC(F)(F)F)c2ccc(OCc3ncccn3)cc12. The smallest absolute Gasteiger partial charge is 0.486 e. The van der Waals surface area contributed by atoms with E-state index in [4.69, 9.17) is 4.74 Å². The van der Waals surface area contributed by atoms with Gasteiger partial charge in [-0.3, -0.25) is 23.8 Å². The number of nitrogens with zero attached hydrogens (tertiary/aromatic N) is 5. The molecule has 0 bridgehead atoms. The van der Waals surface area contributed by atoms with E-state index in [-0.39, 0.29) is 61.1 Å². The van der Waals surface area contributed by atoms with Gasteiger partial charge in [0.1, 0.15) is 24.6 Å². The summed E-state index contributed by atoms with van der Waals surface area (Å²) in [5, 5.41) is 4.90. The van der Waals surface area contributed by atoms with Gasteiger partial charge in [-0.25, -0.2) is 9.97 Å². The average Bonchev–Trinajstić information content (AvgIpc) is 3.40. The first-order valence-corrected chi connectivity index (χ1v) is 12.6. The van der Waals surface area contributed by atoms with Gasteiger partial charge in [-0.15, -0.1) is 13.2 Å². The summed E-state index contributed by atoms with van der Waals surface area (Å²) in [6, 6.07) is 6.03. The summed E-state index contributed by atoms with van der Waals surface area (Å²) in [7, 11) is 0. The lowest BCUT2D eigenvalue weighted by Gasteiger charge is -2.27. The monoisotopic (exact) mass is 545 g/mol. The fourth-order valence-electron chi connectivity index (χ4n) is 5.09. The van der Waals surface area contributed by atoms with Crippen LogP contribution in [0.3, 0.4) is 0 Å². The van der Waals surface area contributed by atoms with E-state index in [1.54, 1.807) is 41.6 Å². The fourth-order valence-corrected chi connectivity index (χ4v) is 5.09. The van der Waals surface area contributed by atoms with Crippen LogP contribution in [0.2, 0.25) is 0 Å². The molecule has 39 heavy (non-hydrogen) atoms. The van der Waals surface area contributed by atoms with Gasteiger partial charge >= 0.3 is 6.36 Å². The van der Waals surface area contributed by atoms with Crippen molar-refractivity contribution in [3.8, 4) is 5.75 Å². The Bertz CT molecular complexity index is 1390. The van der Waals surface area contributed by atoms with Crippen molar-refractivity contribution in [2.45, 2.75) is 64.2 Å². The van der Waals surface area contributed by atoms with Crippen LogP contribution in [0.1, 0.15) is 48.9 Å². The Labute approximate surface area is 221 Å². The van der Waals surface area contributed by atoms with Crippen LogP contribution in [-0.4, -0.2) is 67.2 Å². The van der Waals surface area contributed by atoms with Gasteiger partial charge in [0.15, 0.2) is 17.4 Å². The number of fused-ring (bicyclic) bond motifs is 2. The largest absolute Gasteiger partial charge is 0.522 e. The van der Waals surface area contributed by atoms with Crippen LogP contribution in [0.25, 0.3) is 10.9 Å². The molecule has 1 saturated heterocycles. The normalized spacial score (nSPS) is 20.2. The fraction of sp³-hybridized carbons (Fsp3) is 0.462. The Morgan fingerprint density at radius 3 is 2.62 bits per heavy atom. The molecule has 0 radical (unpaired) electrons. The second kappa shape index (κ2) is 10.7. The Hall–Kier alpha value is -3.87. The van der Waals surface area contributed by atoms with E-state index in [0.29, 0.717) is 28.9 Å². The quantitative estimate of drug-likeness (QED) is 0.266. The molecule has 1 aromatic carbocycles. The van der Waals surface area contributed by atoms with Crippen molar-refractivity contribution in [1.82, 2.24) is 24.6 Å².